The largest absolute Gasteiger partial charge is 0.331 e. The summed E-state index contributed by atoms with van der Waals surface area (Å²) in [6.45, 7) is 5.38. The van der Waals surface area contributed by atoms with Crippen LogP contribution in [0, 0.1) is 12.8 Å². The van der Waals surface area contributed by atoms with E-state index in [9.17, 15) is 0 Å². The van der Waals surface area contributed by atoms with Crippen molar-refractivity contribution in [3.05, 3.63) is 16.7 Å². The third kappa shape index (κ3) is 1.14. The molecule has 1 aromatic heterocycles. The highest BCUT2D eigenvalue weighted by molar-refractivity contribution is 6.30. The van der Waals surface area contributed by atoms with Gasteiger partial charge in [-0.1, -0.05) is 18.5 Å². The molecule has 0 spiro atoms. The summed E-state index contributed by atoms with van der Waals surface area (Å²) in [7, 11) is 0. The van der Waals surface area contributed by atoms with Crippen LogP contribution in [-0.4, -0.2) is 9.55 Å². The monoisotopic (exact) mass is 184 g/mol. The number of fused-ring (bicyclic) bond motifs is 1. The number of halogens is 1. The maximum Gasteiger partial charge on any atom is 0.150 e. The fourth-order valence-corrected chi connectivity index (χ4v) is 2.16. The van der Waals surface area contributed by atoms with Crippen LogP contribution in [-0.2, 0) is 13.0 Å². The van der Waals surface area contributed by atoms with Crippen molar-refractivity contribution in [2.75, 3.05) is 0 Å². The first-order valence-electron chi connectivity index (χ1n) is 4.40. The fourth-order valence-electron chi connectivity index (χ4n) is 1.84. The van der Waals surface area contributed by atoms with Crippen LogP contribution in [0.3, 0.4) is 0 Å². The van der Waals surface area contributed by atoms with E-state index >= 15 is 0 Å². The van der Waals surface area contributed by atoms with Crippen molar-refractivity contribution in [3.8, 4) is 0 Å². The van der Waals surface area contributed by atoms with Gasteiger partial charge < -0.3 is 4.57 Å². The van der Waals surface area contributed by atoms with Crippen LogP contribution in [0.4, 0.5) is 0 Å². The van der Waals surface area contributed by atoms with Crippen LogP contribution in [0.25, 0.3) is 0 Å². The second-order valence-electron chi connectivity index (χ2n) is 3.65. The number of hydrogen-bond donors (Lipinski definition) is 0. The smallest absolute Gasteiger partial charge is 0.150 e. The lowest BCUT2D eigenvalue weighted by Crippen LogP contribution is -2.18. The van der Waals surface area contributed by atoms with Crippen molar-refractivity contribution in [3.63, 3.8) is 0 Å². The summed E-state index contributed by atoms with van der Waals surface area (Å²) >= 11 is 5.98. The molecule has 0 N–H and O–H groups in total. The summed E-state index contributed by atoms with van der Waals surface area (Å²) in [5.41, 5.74) is 1.23. The molecule has 2 nitrogen and oxygen atoms in total. The Morgan fingerprint density at radius 1 is 1.58 bits per heavy atom. The van der Waals surface area contributed by atoms with E-state index in [4.69, 9.17) is 11.6 Å². The lowest BCUT2D eigenvalue weighted by molar-refractivity contribution is 0.394. The van der Waals surface area contributed by atoms with E-state index in [1.165, 1.54) is 12.1 Å². The molecule has 1 atom stereocenters. The quantitative estimate of drug-likeness (QED) is 0.606. The van der Waals surface area contributed by atoms with Gasteiger partial charge in [-0.3, -0.25) is 0 Å². The minimum Gasteiger partial charge on any atom is -0.331 e. The van der Waals surface area contributed by atoms with Crippen molar-refractivity contribution in [1.29, 1.82) is 0 Å². The number of aromatic nitrogens is 2. The average molecular weight is 185 g/mol. The molecule has 0 saturated heterocycles. The Morgan fingerprint density at radius 3 is 3.08 bits per heavy atom. The zero-order valence-corrected chi connectivity index (χ0v) is 8.23. The molecular formula is C9H13ClN2. The molecule has 2 heterocycles. The zero-order valence-electron chi connectivity index (χ0n) is 7.47. The van der Waals surface area contributed by atoms with Crippen molar-refractivity contribution in [2.24, 2.45) is 5.92 Å². The summed E-state index contributed by atoms with van der Waals surface area (Å²) in [5.74, 6) is 1.82. The van der Waals surface area contributed by atoms with Gasteiger partial charge in [-0.15, -0.1) is 0 Å². The topological polar surface area (TPSA) is 17.8 Å². The third-order valence-corrected chi connectivity index (χ3v) is 2.89. The van der Waals surface area contributed by atoms with Crippen molar-refractivity contribution in [1.82, 2.24) is 9.55 Å². The van der Waals surface area contributed by atoms with E-state index in [-0.39, 0.29) is 0 Å². The minimum atomic E-state index is 0.708. The number of hydrogen-bond acceptors (Lipinski definition) is 1. The van der Waals surface area contributed by atoms with Crippen molar-refractivity contribution in [2.45, 2.75) is 33.2 Å². The van der Waals surface area contributed by atoms with Crippen LogP contribution in [0.15, 0.2) is 0 Å². The van der Waals surface area contributed by atoms with E-state index in [1.807, 2.05) is 6.92 Å². The normalized spacial score (nSPS) is 22.4. The maximum atomic E-state index is 5.98. The molecule has 0 radical (unpaired) electrons. The van der Waals surface area contributed by atoms with E-state index in [2.05, 4.69) is 16.5 Å². The highest BCUT2D eigenvalue weighted by Crippen LogP contribution is 2.26. The first-order valence-corrected chi connectivity index (χ1v) is 4.78. The van der Waals surface area contributed by atoms with Gasteiger partial charge in [0.2, 0.25) is 0 Å². The molecule has 0 saturated carbocycles. The number of nitrogens with zero attached hydrogens (tertiary/aromatic N) is 2. The van der Waals surface area contributed by atoms with Gasteiger partial charge in [0.05, 0.1) is 5.69 Å². The van der Waals surface area contributed by atoms with Crippen LogP contribution in [0.2, 0.25) is 5.15 Å². The van der Waals surface area contributed by atoms with E-state index < -0.39 is 0 Å². The maximum absolute atomic E-state index is 5.98. The lowest BCUT2D eigenvalue weighted by Gasteiger charge is -2.21. The fraction of sp³-hybridized carbons (Fsp3) is 0.667. The van der Waals surface area contributed by atoms with Crippen LogP contribution >= 0.6 is 11.6 Å². The number of rotatable bonds is 0. The highest BCUT2D eigenvalue weighted by Gasteiger charge is 2.20. The highest BCUT2D eigenvalue weighted by atomic mass is 35.5. The van der Waals surface area contributed by atoms with Crippen LogP contribution < -0.4 is 0 Å². The van der Waals surface area contributed by atoms with Gasteiger partial charge in [0.25, 0.3) is 0 Å². The summed E-state index contributed by atoms with van der Waals surface area (Å²) in [6.07, 6.45) is 2.33. The molecule has 1 aliphatic rings. The predicted octanol–water partition coefficient (Wildman–Crippen LogP) is 2.43. The molecule has 0 bridgehead atoms. The second-order valence-corrected chi connectivity index (χ2v) is 4.01. The van der Waals surface area contributed by atoms with E-state index in [0.29, 0.717) is 5.15 Å². The van der Waals surface area contributed by atoms with Gasteiger partial charge in [-0.25, -0.2) is 4.98 Å². The molecule has 2 rings (SSSR count). The molecule has 0 fully saturated rings. The van der Waals surface area contributed by atoms with Crippen LogP contribution in [0.5, 0.6) is 0 Å². The third-order valence-electron chi connectivity index (χ3n) is 2.58. The summed E-state index contributed by atoms with van der Waals surface area (Å²) in [5, 5.41) is 0.708. The van der Waals surface area contributed by atoms with Gasteiger partial charge in [-0.05, 0) is 25.7 Å². The van der Waals surface area contributed by atoms with Crippen molar-refractivity contribution < 1.29 is 0 Å². The Hall–Kier alpha value is -0.500. The molecule has 3 heteroatoms. The molecule has 1 aliphatic heterocycles. The molecule has 1 aromatic rings. The first kappa shape index (κ1) is 8.11. The van der Waals surface area contributed by atoms with Crippen LogP contribution in [0.1, 0.15) is 24.9 Å². The van der Waals surface area contributed by atoms with E-state index in [0.717, 1.165) is 24.7 Å². The van der Waals surface area contributed by atoms with Gasteiger partial charge in [0.15, 0.2) is 5.15 Å². The van der Waals surface area contributed by atoms with Gasteiger partial charge in [-0.2, -0.15) is 0 Å². The Balaban J connectivity index is 2.45. The van der Waals surface area contributed by atoms with Gasteiger partial charge in [0.1, 0.15) is 5.82 Å². The predicted molar refractivity (Wildman–Crippen MR) is 49.5 cm³/mol. The number of aryl methyl sites for hydroxylation is 1. The Morgan fingerprint density at radius 2 is 2.33 bits per heavy atom. The van der Waals surface area contributed by atoms with E-state index in [1.54, 1.807) is 0 Å². The standard InChI is InChI=1S/C9H13ClN2/c1-6-3-4-8-9(10)11-7(2)12(8)5-6/h6H,3-5H2,1-2H3. The van der Waals surface area contributed by atoms with Gasteiger partial charge in [0, 0.05) is 6.54 Å². The Kier molecular flexibility index (Phi) is 1.87. The molecule has 12 heavy (non-hydrogen) atoms. The Bertz CT molecular complexity index is 304. The molecular weight excluding hydrogens is 172 g/mol. The molecule has 1 unspecified atom stereocenters. The summed E-state index contributed by atoms with van der Waals surface area (Å²) < 4.78 is 2.25. The zero-order chi connectivity index (χ0) is 8.72. The first-order chi connectivity index (χ1) is 5.68. The molecule has 66 valence electrons. The lowest BCUT2D eigenvalue weighted by atomic mass is 10.0. The molecule has 0 aromatic carbocycles. The van der Waals surface area contributed by atoms with Crippen molar-refractivity contribution >= 4 is 11.6 Å². The minimum absolute atomic E-state index is 0.708. The average Bonchev–Trinajstić information content (AvgIpc) is 2.28. The Labute approximate surface area is 77.6 Å². The second kappa shape index (κ2) is 2.77. The van der Waals surface area contributed by atoms with Gasteiger partial charge >= 0.3 is 0 Å². The number of imidazole rings is 1. The summed E-state index contributed by atoms with van der Waals surface area (Å²) in [4.78, 5) is 4.26. The molecule has 0 amide bonds. The summed E-state index contributed by atoms with van der Waals surface area (Å²) in [6, 6.07) is 0. The SMILES string of the molecule is Cc1nc(Cl)c2n1CC(C)CC2. The molecule has 0 aliphatic carbocycles.